The van der Waals surface area contributed by atoms with Crippen molar-refractivity contribution in [2.75, 3.05) is 0 Å². The monoisotopic (exact) mass is 288 g/mol. The number of rotatable bonds is 2. The smallest absolute Gasteiger partial charge is 0.308 e. The number of furan rings is 1. The fraction of sp³-hybridized carbons (Fsp3) is 0.0667. The lowest BCUT2D eigenvalue weighted by atomic mass is 10.1. The predicted octanol–water partition coefficient (Wildman–Crippen LogP) is 3.89. The van der Waals surface area contributed by atoms with Gasteiger partial charge in [-0.2, -0.15) is 0 Å². The Morgan fingerprint density at radius 3 is 2.55 bits per heavy atom. The molecular formula is C15H9ClO4. The minimum Gasteiger partial charge on any atom is -0.456 e. The molecule has 0 bridgehead atoms. The quantitative estimate of drug-likeness (QED) is 0.408. The van der Waals surface area contributed by atoms with Gasteiger partial charge in [-0.15, -0.1) is 0 Å². The van der Waals surface area contributed by atoms with Gasteiger partial charge in [-0.1, -0.05) is 18.2 Å². The molecule has 0 aliphatic carbocycles. The van der Waals surface area contributed by atoms with Crippen molar-refractivity contribution in [3.63, 3.8) is 0 Å². The van der Waals surface area contributed by atoms with Gasteiger partial charge in [0, 0.05) is 23.8 Å². The van der Waals surface area contributed by atoms with Crippen LogP contribution < -0.4 is 4.74 Å². The SMILES string of the molecule is CC(=O)Oc1cc2oc3ccccc3c2cc1C(=O)Cl. The molecule has 0 saturated carbocycles. The molecule has 0 aliphatic heterocycles. The standard InChI is InChI=1S/C15H9ClO4/c1-8(17)19-14-7-13-10(6-11(14)15(16)18)9-4-2-3-5-12(9)20-13/h2-7H,1H3. The number of benzene rings is 2. The highest BCUT2D eigenvalue weighted by atomic mass is 35.5. The van der Waals surface area contributed by atoms with Crippen molar-refractivity contribution >= 4 is 44.8 Å². The van der Waals surface area contributed by atoms with E-state index in [1.165, 1.54) is 13.0 Å². The fourth-order valence-corrected chi connectivity index (χ4v) is 2.29. The third-order valence-electron chi connectivity index (χ3n) is 2.94. The second-order valence-corrected chi connectivity index (χ2v) is 4.65. The van der Waals surface area contributed by atoms with E-state index >= 15 is 0 Å². The Balaban J connectivity index is 2.34. The Hall–Kier alpha value is -2.33. The topological polar surface area (TPSA) is 56.5 Å². The first-order valence-electron chi connectivity index (χ1n) is 5.90. The van der Waals surface area contributed by atoms with Crippen LogP contribution in [0.2, 0.25) is 0 Å². The fourth-order valence-electron chi connectivity index (χ4n) is 2.15. The maximum Gasteiger partial charge on any atom is 0.308 e. The van der Waals surface area contributed by atoms with Crippen molar-refractivity contribution in [3.05, 3.63) is 42.0 Å². The number of esters is 1. The number of halogens is 1. The maximum atomic E-state index is 11.5. The Labute approximate surface area is 118 Å². The number of hydrogen-bond donors (Lipinski definition) is 0. The third-order valence-corrected chi connectivity index (χ3v) is 3.15. The highest BCUT2D eigenvalue weighted by molar-refractivity contribution is 6.68. The second-order valence-electron chi connectivity index (χ2n) is 4.31. The molecule has 100 valence electrons. The van der Waals surface area contributed by atoms with E-state index in [9.17, 15) is 9.59 Å². The molecule has 0 unspecified atom stereocenters. The Bertz CT molecular complexity index is 848. The molecule has 0 atom stereocenters. The Kier molecular flexibility index (Phi) is 2.95. The zero-order valence-corrected chi connectivity index (χ0v) is 11.2. The zero-order valence-electron chi connectivity index (χ0n) is 10.5. The number of carbonyl (C=O) groups excluding carboxylic acids is 2. The van der Waals surface area contributed by atoms with Gasteiger partial charge in [-0.3, -0.25) is 9.59 Å². The van der Waals surface area contributed by atoms with Gasteiger partial charge in [-0.25, -0.2) is 0 Å². The van der Waals surface area contributed by atoms with Crippen LogP contribution in [0.3, 0.4) is 0 Å². The van der Waals surface area contributed by atoms with Crippen molar-refractivity contribution in [1.29, 1.82) is 0 Å². The number of para-hydroxylation sites is 1. The van der Waals surface area contributed by atoms with Gasteiger partial charge < -0.3 is 9.15 Å². The average Bonchev–Trinajstić information content (AvgIpc) is 2.74. The van der Waals surface area contributed by atoms with Crippen LogP contribution in [0.5, 0.6) is 5.75 Å². The molecule has 3 rings (SSSR count). The summed E-state index contributed by atoms with van der Waals surface area (Å²) < 4.78 is 10.7. The lowest BCUT2D eigenvalue weighted by Gasteiger charge is -2.05. The molecule has 3 aromatic rings. The van der Waals surface area contributed by atoms with E-state index in [1.54, 1.807) is 6.07 Å². The molecule has 0 fully saturated rings. The summed E-state index contributed by atoms with van der Waals surface area (Å²) in [5, 5.41) is 0.935. The lowest BCUT2D eigenvalue weighted by Crippen LogP contribution is -2.05. The molecule has 20 heavy (non-hydrogen) atoms. The van der Waals surface area contributed by atoms with Crippen LogP contribution in [-0.4, -0.2) is 11.2 Å². The first-order valence-corrected chi connectivity index (χ1v) is 6.27. The van der Waals surface area contributed by atoms with Crippen LogP contribution in [0.25, 0.3) is 21.9 Å². The first kappa shape index (κ1) is 12.7. The van der Waals surface area contributed by atoms with E-state index in [2.05, 4.69) is 0 Å². The van der Waals surface area contributed by atoms with E-state index in [0.717, 1.165) is 10.8 Å². The summed E-state index contributed by atoms with van der Waals surface area (Å²) in [5.74, 6) is -0.427. The molecule has 0 amide bonds. The van der Waals surface area contributed by atoms with Gasteiger partial charge >= 0.3 is 5.97 Å². The summed E-state index contributed by atoms with van der Waals surface area (Å²) in [6, 6.07) is 10.5. The minimum atomic E-state index is -0.687. The molecule has 4 nitrogen and oxygen atoms in total. The summed E-state index contributed by atoms with van der Waals surface area (Å²) >= 11 is 5.55. The summed E-state index contributed by atoms with van der Waals surface area (Å²) in [5.41, 5.74) is 1.36. The van der Waals surface area contributed by atoms with Crippen molar-refractivity contribution in [1.82, 2.24) is 0 Å². The molecule has 0 N–H and O–H groups in total. The molecule has 5 heteroatoms. The Morgan fingerprint density at radius 1 is 1.10 bits per heavy atom. The van der Waals surface area contributed by atoms with Crippen LogP contribution in [0.1, 0.15) is 17.3 Å². The summed E-state index contributed by atoms with van der Waals surface area (Å²) in [6.45, 7) is 1.26. The van der Waals surface area contributed by atoms with Crippen LogP contribution in [0.4, 0.5) is 0 Å². The molecule has 0 saturated heterocycles. The molecule has 1 aromatic heterocycles. The molecule has 0 radical (unpaired) electrons. The number of hydrogen-bond acceptors (Lipinski definition) is 4. The lowest BCUT2D eigenvalue weighted by molar-refractivity contribution is -0.131. The van der Waals surface area contributed by atoms with Gasteiger partial charge in [0.05, 0.1) is 5.56 Å². The zero-order chi connectivity index (χ0) is 14.3. The van der Waals surface area contributed by atoms with Crippen molar-refractivity contribution in [2.45, 2.75) is 6.92 Å². The number of fused-ring (bicyclic) bond motifs is 3. The van der Waals surface area contributed by atoms with Gasteiger partial charge in [0.15, 0.2) is 0 Å². The molecule has 1 heterocycles. The van der Waals surface area contributed by atoms with Crippen molar-refractivity contribution in [2.24, 2.45) is 0 Å². The highest BCUT2D eigenvalue weighted by Gasteiger charge is 2.17. The third kappa shape index (κ3) is 2.04. The molecular weight excluding hydrogens is 280 g/mol. The average molecular weight is 289 g/mol. The summed E-state index contributed by atoms with van der Waals surface area (Å²) in [4.78, 5) is 22.6. The maximum absolute atomic E-state index is 11.5. The van der Waals surface area contributed by atoms with Gasteiger partial charge in [0.2, 0.25) is 0 Å². The van der Waals surface area contributed by atoms with E-state index in [4.69, 9.17) is 20.8 Å². The van der Waals surface area contributed by atoms with Gasteiger partial charge in [0.25, 0.3) is 5.24 Å². The minimum absolute atomic E-state index is 0.101. The molecule has 0 spiro atoms. The van der Waals surface area contributed by atoms with Crippen molar-refractivity contribution < 1.29 is 18.7 Å². The van der Waals surface area contributed by atoms with Crippen molar-refractivity contribution in [3.8, 4) is 5.75 Å². The number of carbonyl (C=O) groups is 2. The second kappa shape index (κ2) is 4.65. The first-order chi connectivity index (χ1) is 9.56. The largest absolute Gasteiger partial charge is 0.456 e. The van der Waals surface area contributed by atoms with Crippen LogP contribution in [-0.2, 0) is 4.79 Å². The number of ether oxygens (including phenoxy) is 1. The summed E-state index contributed by atoms with van der Waals surface area (Å²) in [6.07, 6.45) is 0. The van der Waals surface area contributed by atoms with E-state index in [0.29, 0.717) is 11.2 Å². The summed E-state index contributed by atoms with van der Waals surface area (Å²) in [7, 11) is 0. The van der Waals surface area contributed by atoms with E-state index in [1.807, 2.05) is 24.3 Å². The molecule has 2 aromatic carbocycles. The van der Waals surface area contributed by atoms with Gasteiger partial charge in [-0.05, 0) is 23.7 Å². The van der Waals surface area contributed by atoms with Gasteiger partial charge in [0.1, 0.15) is 16.9 Å². The highest BCUT2D eigenvalue weighted by Crippen LogP contribution is 2.34. The van der Waals surface area contributed by atoms with Crippen LogP contribution in [0, 0.1) is 0 Å². The van der Waals surface area contributed by atoms with E-state index in [-0.39, 0.29) is 11.3 Å². The normalized spacial score (nSPS) is 10.9. The Morgan fingerprint density at radius 2 is 1.85 bits per heavy atom. The van der Waals surface area contributed by atoms with Crippen LogP contribution >= 0.6 is 11.6 Å². The predicted molar refractivity (Wildman–Crippen MR) is 75.2 cm³/mol. The van der Waals surface area contributed by atoms with Crippen LogP contribution in [0.15, 0.2) is 40.8 Å². The van der Waals surface area contributed by atoms with E-state index < -0.39 is 11.2 Å². The molecule has 0 aliphatic rings.